The summed E-state index contributed by atoms with van der Waals surface area (Å²) in [7, 11) is 2.00. The quantitative estimate of drug-likeness (QED) is 0.699. The number of benzene rings is 1. The second-order valence-electron chi connectivity index (χ2n) is 3.98. The molecule has 0 aromatic heterocycles. The molecule has 0 unspecified atom stereocenters. The van der Waals surface area contributed by atoms with Gasteiger partial charge < -0.3 is 10.6 Å². The van der Waals surface area contributed by atoms with Gasteiger partial charge in [-0.25, -0.2) is 0 Å². The number of rotatable bonds is 6. The standard InChI is InChI=1S/C13H22N2/c1-11-7-6-8-13(12(11)2)15-10-5-4-9-14-3/h6-8,14-15H,4-5,9-10H2,1-3H3. The molecule has 0 heterocycles. The van der Waals surface area contributed by atoms with Crippen molar-refractivity contribution < 1.29 is 0 Å². The minimum atomic E-state index is 1.06. The van der Waals surface area contributed by atoms with Crippen molar-refractivity contribution in [1.82, 2.24) is 5.32 Å². The van der Waals surface area contributed by atoms with E-state index in [4.69, 9.17) is 0 Å². The third-order valence-electron chi connectivity index (χ3n) is 2.77. The molecule has 0 aliphatic carbocycles. The Balaban J connectivity index is 2.34. The van der Waals surface area contributed by atoms with E-state index in [0.717, 1.165) is 13.1 Å². The molecule has 0 aliphatic rings. The first-order valence-corrected chi connectivity index (χ1v) is 5.70. The van der Waals surface area contributed by atoms with E-state index >= 15 is 0 Å². The molecule has 1 aromatic rings. The number of aryl methyl sites for hydroxylation is 1. The number of anilines is 1. The van der Waals surface area contributed by atoms with Crippen molar-refractivity contribution in [2.75, 3.05) is 25.5 Å². The summed E-state index contributed by atoms with van der Waals surface area (Å²) in [5.41, 5.74) is 4.00. The van der Waals surface area contributed by atoms with Gasteiger partial charge in [0.2, 0.25) is 0 Å². The Morgan fingerprint density at radius 1 is 1.07 bits per heavy atom. The molecule has 0 atom stereocenters. The van der Waals surface area contributed by atoms with Crippen LogP contribution in [-0.2, 0) is 0 Å². The number of unbranched alkanes of at least 4 members (excludes halogenated alkanes) is 1. The zero-order valence-electron chi connectivity index (χ0n) is 10.1. The van der Waals surface area contributed by atoms with Crippen LogP contribution in [0.5, 0.6) is 0 Å². The summed E-state index contributed by atoms with van der Waals surface area (Å²) in [4.78, 5) is 0. The first-order chi connectivity index (χ1) is 7.25. The van der Waals surface area contributed by atoms with Crippen molar-refractivity contribution >= 4 is 5.69 Å². The number of hydrogen-bond acceptors (Lipinski definition) is 2. The summed E-state index contributed by atoms with van der Waals surface area (Å²) in [6.07, 6.45) is 2.45. The van der Waals surface area contributed by atoms with E-state index in [9.17, 15) is 0 Å². The van der Waals surface area contributed by atoms with Gasteiger partial charge >= 0.3 is 0 Å². The van der Waals surface area contributed by atoms with Gasteiger partial charge in [0.05, 0.1) is 0 Å². The van der Waals surface area contributed by atoms with E-state index < -0.39 is 0 Å². The monoisotopic (exact) mass is 206 g/mol. The molecule has 0 aliphatic heterocycles. The lowest BCUT2D eigenvalue weighted by Crippen LogP contribution is -2.10. The average molecular weight is 206 g/mol. The molecule has 2 N–H and O–H groups in total. The number of nitrogens with one attached hydrogen (secondary N) is 2. The summed E-state index contributed by atoms with van der Waals surface area (Å²) in [5.74, 6) is 0. The molecule has 84 valence electrons. The van der Waals surface area contributed by atoms with Crippen molar-refractivity contribution in [2.24, 2.45) is 0 Å². The first-order valence-electron chi connectivity index (χ1n) is 5.70. The lowest BCUT2D eigenvalue weighted by Gasteiger charge is -2.11. The Morgan fingerprint density at radius 3 is 2.53 bits per heavy atom. The SMILES string of the molecule is CNCCCCNc1cccc(C)c1C. The van der Waals surface area contributed by atoms with Gasteiger partial charge in [-0.1, -0.05) is 12.1 Å². The summed E-state index contributed by atoms with van der Waals surface area (Å²) in [5, 5.41) is 6.64. The van der Waals surface area contributed by atoms with E-state index in [1.54, 1.807) is 0 Å². The Labute approximate surface area is 93.1 Å². The lowest BCUT2D eigenvalue weighted by molar-refractivity contribution is 0.694. The molecule has 0 saturated carbocycles. The minimum Gasteiger partial charge on any atom is -0.385 e. The Morgan fingerprint density at radius 2 is 1.80 bits per heavy atom. The summed E-state index contributed by atoms with van der Waals surface area (Å²) < 4.78 is 0. The van der Waals surface area contributed by atoms with E-state index in [0.29, 0.717) is 0 Å². The Bertz CT molecular complexity index is 295. The van der Waals surface area contributed by atoms with Crippen LogP contribution in [0.4, 0.5) is 5.69 Å². The van der Waals surface area contributed by atoms with Crippen LogP contribution in [0.25, 0.3) is 0 Å². The maximum Gasteiger partial charge on any atom is 0.0372 e. The minimum absolute atomic E-state index is 1.06. The second-order valence-corrected chi connectivity index (χ2v) is 3.98. The largest absolute Gasteiger partial charge is 0.385 e. The number of hydrogen-bond donors (Lipinski definition) is 2. The topological polar surface area (TPSA) is 24.1 Å². The molecule has 0 radical (unpaired) electrons. The predicted octanol–water partition coefficient (Wildman–Crippen LogP) is 2.71. The maximum absolute atomic E-state index is 3.48. The lowest BCUT2D eigenvalue weighted by atomic mass is 10.1. The van der Waals surface area contributed by atoms with Crippen LogP contribution in [0.15, 0.2) is 18.2 Å². The van der Waals surface area contributed by atoms with Crippen LogP contribution >= 0.6 is 0 Å². The van der Waals surface area contributed by atoms with Crippen molar-refractivity contribution in [3.8, 4) is 0 Å². The van der Waals surface area contributed by atoms with Crippen LogP contribution in [0, 0.1) is 13.8 Å². The van der Waals surface area contributed by atoms with Crippen molar-refractivity contribution in [2.45, 2.75) is 26.7 Å². The van der Waals surface area contributed by atoms with Crippen LogP contribution in [0.2, 0.25) is 0 Å². The highest BCUT2D eigenvalue weighted by molar-refractivity contribution is 5.53. The smallest absolute Gasteiger partial charge is 0.0372 e. The van der Waals surface area contributed by atoms with E-state index in [1.165, 1.54) is 29.7 Å². The average Bonchev–Trinajstić information content (AvgIpc) is 2.24. The van der Waals surface area contributed by atoms with Gasteiger partial charge in [0.15, 0.2) is 0 Å². The highest BCUT2D eigenvalue weighted by atomic mass is 14.9. The molecule has 1 aromatic carbocycles. The molecule has 2 heteroatoms. The molecule has 1 rings (SSSR count). The van der Waals surface area contributed by atoms with Gasteiger partial charge in [0, 0.05) is 12.2 Å². The van der Waals surface area contributed by atoms with Gasteiger partial charge in [-0.05, 0) is 57.5 Å². The van der Waals surface area contributed by atoms with E-state index in [-0.39, 0.29) is 0 Å². The van der Waals surface area contributed by atoms with E-state index in [1.807, 2.05) is 7.05 Å². The molecular formula is C13H22N2. The first kappa shape index (κ1) is 12.1. The summed E-state index contributed by atoms with van der Waals surface area (Å²) in [6, 6.07) is 6.42. The van der Waals surface area contributed by atoms with Gasteiger partial charge in [-0.2, -0.15) is 0 Å². The molecular weight excluding hydrogens is 184 g/mol. The van der Waals surface area contributed by atoms with Crippen molar-refractivity contribution in [1.29, 1.82) is 0 Å². The highest BCUT2D eigenvalue weighted by Crippen LogP contribution is 2.17. The zero-order valence-corrected chi connectivity index (χ0v) is 10.1. The summed E-state index contributed by atoms with van der Waals surface area (Å²) in [6.45, 7) is 6.49. The third kappa shape index (κ3) is 3.92. The Kier molecular flexibility index (Phi) is 5.19. The van der Waals surface area contributed by atoms with Crippen LogP contribution in [0.3, 0.4) is 0 Å². The molecule has 0 amide bonds. The van der Waals surface area contributed by atoms with E-state index in [2.05, 4.69) is 42.7 Å². The molecule has 15 heavy (non-hydrogen) atoms. The second kappa shape index (κ2) is 6.46. The van der Waals surface area contributed by atoms with Gasteiger partial charge in [-0.3, -0.25) is 0 Å². The molecule has 0 bridgehead atoms. The fourth-order valence-corrected chi connectivity index (χ4v) is 1.59. The molecule has 2 nitrogen and oxygen atoms in total. The maximum atomic E-state index is 3.48. The third-order valence-corrected chi connectivity index (χ3v) is 2.77. The summed E-state index contributed by atoms with van der Waals surface area (Å²) >= 11 is 0. The molecule has 0 fully saturated rings. The highest BCUT2D eigenvalue weighted by Gasteiger charge is 1.98. The fraction of sp³-hybridized carbons (Fsp3) is 0.538. The van der Waals surface area contributed by atoms with Gasteiger partial charge in [0.25, 0.3) is 0 Å². The van der Waals surface area contributed by atoms with Crippen LogP contribution in [0.1, 0.15) is 24.0 Å². The van der Waals surface area contributed by atoms with Gasteiger partial charge in [0.1, 0.15) is 0 Å². The molecule has 0 spiro atoms. The van der Waals surface area contributed by atoms with Crippen molar-refractivity contribution in [3.63, 3.8) is 0 Å². The predicted molar refractivity (Wildman–Crippen MR) is 67.6 cm³/mol. The Hall–Kier alpha value is -1.02. The van der Waals surface area contributed by atoms with Crippen LogP contribution in [-0.4, -0.2) is 20.1 Å². The molecule has 0 saturated heterocycles. The van der Waals surface area contributed by atoms with Crippen LogP contribution < -0.4 is 10.6 Å². The van der Waals surface area contributed by atoms with Crippen molar-refractivity contribution in [3.05, 3.63) is 29.3 Å². The normalized spacial score (nSPS) is 10.3. The fourth-order valence-electron chi connectivity index (χ4n) is 1.59. The van der Waals surface area contributed by atoms with Gasteiger partial charge in [-0.15, -0.1) is 0 Å². The zero-order chi connectivity index (χ0) is 11.1.